The zero-order valence-electron chi connectivity index (χ0n) is 9.37. The summed E-state index contributed by atoms with van der Waals surface area (Å²) in [5, 5.41) is 0. The fourth-order valence-electron chi connectivity index (χ4n) is 0.971. The molecule has 0 saturated carbocycles. The van der Waals surface area contributed by atoms with Crippen molar-refractivity contribution in [3.05, 3.63) is 18.0 Å². The first kappa shape index (κ1) is 11.0. The number of nitrogens with zero attached hydrogens (tertiary/aromatic N) is 2. The highest BCUT2D eigenvalue weighted by Gasteiger charge is 2.14. The summed E-state index contributed by atoms with van der Waals surface area (Å²) in [6.07, 6.45) is 4.64. The molecule has 0 unspecified atom stereocenters. The van der Waals surface area contributed by atoms with Crippen molar-refractivity contribution in [2.75, 3.05) is 6.61 Å². The van der Waals surface area contributed by atoms with E-state index in [1.54, 1.807) is 0 Å². The van der Waals surface area contributed by atoms with E-state index in [1.807, 2.05) is 12.4 Å². The van der Waals surface area contributed by atoms with E-state index in [4.69, 9.17) is 4.74 Å². The normalized spacial score (nSPS) is 11.4. The number of hydrogen-bond acceptors (Lipinski definition) is 3. The molecule has 0 radical (unpaired) electrons. The maximum Gasteiger partial charge on any atom is 0.316 e. The molecule has 3 heteroatoms. The van der Waals surface area contributed by atoms with E-state index in [2.05, 4.69) is 37.7 Å². The van der Waals surface area contributed by atoms with E-state index in [1.165, 1.54) is 0 Å². The van der Waals surface area contributed by atoms with E-state index in [0.29, 0.717) is 12.6 Å². The zero-order chi connectivity index (χ0) is 10.6. The van der Waals surface area contributed by atoms with Crippen molar-refractivity contribution in [3.8, 4) is 6.01 Å². The lowest BCUT2D eigenvalue weighted by Gasteiger charge is -2.17. The van der Waals surface area contributed by atoms with Crippen LogP contribution in [0, 0.1) is 0 Å². The number of rotatable bonds is 3. The van der Waals surface area contributed by atoms with Gasteiger partial charge in [-0.2, -0.15) is 0 Å². The Hall–Kier alpha value is -1.12. The molecule has 0 aliphatic heterocycles. The molecule has 0 spiro atoms. The van der Waals surface area contributed by atoms with Gasteiger partial charge in [0.2, 0.25) is 0 Å². The molecule has 3 nitrogen and oxygen atoms in total. The molecular weight excluding hydrogens is 176 g/mol. The summed E-state index contributed by atoms with van der Waals surface area (Å²) in [5.74, 6) is 0. The van der Waals surface area contributed by atoms with Gasteiger partial charge in [0.1, 0.15) is 0 Å². The smallest absolute Gasteiger partial charge is 0.316 e. The van der Waals surface area contributed by atoms with Crippen LogP contribution in [0.2, 0.25) is 0 Å². The standard InChI is InChI=1S/C11H18N2O/c1-5-6-14-10-12-7-9(8-13-10)11(2,3)4/h7-8H,5-6H2,1-4H3. The Bertz CT molecular complexity index is 274. The van der Waals surface area contributed by atoms with Gasteiger partial charge in [-0.3, -0.25) is 0 Å². The summed E-state index contributed by atoms with van der Waals surface area (Å²) < 4.78 is 5.30. The van der Waals surface area contributed by atoms with Crippen molar-refractivity contribution >= 4 is 0 Å². The first-order valence-corrected chi connectivity index (χ1v) is 4.99. The zero-order valence-corrected chi connectivity index (χ0v) is 9.37. The van der Waals surface area contributed by atoms with Crippen molar-refractivity contribution in [3.63, 3.8) is 0 Å². The fourth-order valence-corrected chi connectivity index (χ4v) is 0.971. The Labute approximate surface area is 85.5 Å². The third-order valence-electron chi connectivity index (χ3n) is 1.93. The Morgan fingerprint density at radius 3 is 2.21 bits per heavy atom. The van der Waals surface area contributed by atoms with Crippen LogP contribution in [0.5, 0.6) is 6.01 Å². The maximum absolute atomic E-state index is 5.30. The van der Waals surface area contributed by atoms with Gasteiger partial charge in [0.15, 0.2) is 0 Å². The summed E-state index contributed by atoms with van der Waals surface area (Å²) in [7, 11) is 0. The molecule has 1 heterocycles. The Morgan fingerprint density at radius 1 is 1.21 bits per heavy atom. The average molecular weight is 194 g/mol. The molecule has 1 rings (SSSR count). The molecule has 0 saturated heterocycles. The summed E-state index contributed by atoms with van der Waals surface area (Å²) in [4.78, 5) is 8.30. The third kappa shape index (κ3) is 2.98. The molecule has 0 aromatic carbocycles. The van der Waals surface area contributed by atoms with Crippen molar-refractivity contribution < 1.29 is 4.74 Å². The van der Waals surface area contributed by atoms with Gasteiger partial charge in [-0.05, 0) is 17.4 Å². The number of ether oxygens (including phenoxy) is 1. The molecule has 78 valence electrons. The Morgan fingerprint density at radius 2 is 1.79 bits per heavy atom. The lowest BCUT2D eigenvalue weighted by atomic mass is 9.89. The van der Waals surface area contributed by atoms with Crippen LogP contribution in [-0.4, -0.2) is 16.6 Å². The van der Waals surface area contributed by atoms with Gasteiger partial charge >= 0.3 is 6.01 Å². The molecule has 1 aromatic heterocycles. The van der Waals surface area contributed by atoms with Crippen molar-refractivity contribution in [2.45, 2.75) is 39.5 Å². The SMILES string of the molecule is CCCOc1ncc(C(C)(C)C)cn1. The molecule has 0 fully saturated rings. The van der Waals surface area contributed by atoms with E-state index in [-0.39, 0.29) is 5.41 Å². The van der Waals surface area contributed by atoms with Crippen LogP contribution >= 0.6 is 0 Å². The van der Waals surface area contributed by atoms with E-state index in [9.17, 15) is 0 Å². The van der Waals surface area contributed by atoms with E-state index >= 15 is 0 Å². The van der Waals surface area contributed by atoms with E-state index < -0.39 is 0 Å². The molecule has 0 N–H and O–H groups in total. The molecule has 14 heavy (non-hydrogen) atoms. The largest absolute Gasteiger partial charge is 0.463 e. The molecule has 0 amide bonds. The fraction of sp³-hybridized carbons (Fsp3) is 0.636. The summed E-state index contributed by atoms with van der Waals surface area (Å²) in [5.41, 5.74) is 1.23. The minimum atomic E-state index is 0.100. The molecular formula is C11H18N2O. The van der Waals surface area contributed by atoms with Gasteiger partial charge < -0.3 is 4.74 Å². The molecule has 0 atom stereocenters. The number of hydrogen-bond donors (Lipinski definition) is 0. The predicted octanol–water partition coefficient (Wildman–Crippen LogP) is 2.56. The van der Waals surface area contributed by atoms with Crippen LogP contribution < -0.4 is 4.74 Å². The van der Waals surface area contributed by atoms with Gasteiger partial charge in [0.05, 0.1) is 6.61 Å². The van der Waals surface area contributed by atoms with Crippen molar-refractivity contribution in [2.24, 2.45) is 0 Å². The summed E-state index contributed by atoms with van der Waals surface area (Å²) in [6.45, 7) is 9.15. The van der Waals surface area contributed by atoms with Crippen LogP contribution in [0.4, 0.5) is 0 Å². The second-order valence-electron chi connectivity index (χ2n) is 4.35. The van der Waals surface area contributed by atoms with Gasteiger partial charge in [-0.25, -0.2) is 9.97 Å². The Kier molecular flexibility index (Phi) is 3.44. The highest BCUT2D eigenvalue weighted by molar-refractivity contribution is 5.16. The third-order valence-corrected chi connectivity index (χ3v) is 1.93. The van der Waals surface area contributed by atoms with Gasteiger partial charge in [-0.1, -0.05) is 27.7 Å². The van der Waals surface area contributed by atoms with Crippen LogP contribution in [0.15, 0.2) is 12.4 Å². The lowest BCUT2D eigenvalue weighted by molar-refractivity contribution is 0.291. The minimum Gasteiger partial charge on any atom is -0.463 e. The first-order valence-electron chi connectivity index (χ1n) is 4.99. The molecule has 0 bridgehead atoms. The first-order chi connectivity index (χ1) is 6.54. The number of aromatic nitrogens is 2. The Balaban J connectivity index is 2.69. The van der Waals surface area contributed by atoms with Gasteiger partial charge in [-0.15, -0.1) is 0 Å². The second kappa shape index (κ2) is 4.40. The average Bonchev–Trinajstić information content (AvgIpc) is 2.14. The molecule has 0 aliphatic rings. The molecule has 1 aromatic rings. The quantitative estimate of drug-likeness (QED) is 0.741. The minimum absolute atomic E-state index is 0.100. The van der Waals surface area contributed by atoms with Crippen molar-refractivity contribution in [1.29, 1.82) is 0 Å². The van der Waals surface area contributed by atoms with Crippen LogP contribution in [0.1, 0.15) is 39.7 Å². The highest BCUT2D eigenvalue weighted by atomic mass is 16.5. The van der Waals surface area contributed by atoms with Gasteiger partial charge in [0.25, 0.3) is 0 Å². The lowest BCUT2D eigenvalue weighted by Crippen LogP contribution is -2.12. The van der Waals surface area contributed by atoms with Crippen molar-refractivity contribution in [1.82, 2.24) is 9.97 Å². The monoisotopic (exact) mass is 194 g/mol. The summed E-state index contributed by atoms with van der Waals surface area (Å²) >= 11 is 0. The predicted molar refractivity (Wildman–Crippen MR) is 56.5 cm³/mol. The van der Waals surface area contributed by atoms with Crippen LogP contribution in [-0.2, 0) is 5.41 Å². The highest BCUT2D eigenvalue weighted by Crippen LogP contribution is 2.20. The van der Waals surface area contributed by atoms with E-state index in [0.717, 1.165) is 12.0 Å². The van der Waals surface area contributed by atoms with Crippen LogP contribution in [0.25, 0.3) is 0 Å². The second-order valence-corrected chi connectivity index (χ2v) is 4.35. The van der Waals surface area contributed by atoms with Crippen LogP contribution in [0.3, 0.4) is 0 Å². The summed E-state index contributed by atoms with van der Waals surface area (Å²) in [6, 6.07) is 0.472. The molecule has 0 aliphatic carbocycles. The topological polar surface area (TPSA) is 35.0 Å². The van der Waals surface area contributed by atoms with Gasteiger partial charge in [0, 0.05) is 12.4 Å². The maximum atomic E-state index is 5.30.